The molecule has 3 aromatic rings. The third kappa shape index (κ3) is 5.48. The summed E-state index contributed by atoms with van der Waals surface area (Å²) in [6.07, 6.45) is 1.19. The van der Waals surface area contributed by atoms with Crippen LogP contribution in [-0.2, 0) is 4.74 Å². The largest absolute Gasteiger partial charge is 0.457 e. The van der Waals surface area contributed by atoms with E-state index >= 15 is 0 Å². The minimum atomic E-state index is -0.421. The lowest BCUT2D eigenvalue weighted by molar-refractivity contribution is 0.0644. The van der Waals surface area contributed by atoms with Crippen LogP contribution in [0.4, 0.5) is 8.78 Å². The molecule has 0 bridgehead atoms. The summed E-state index contributed by atoms with van der Waals surface area (Å²) in [5, 5.41) is 0. The molecule has 3 aromatic carbocycles. The second kappa shape index (κ2) is 9.73. The second-order valence-corrected chi connectivity index (χ2v) is 7.34. The first-order valence-electron chi connectivity index (χ1n) is 10.0. The highest BCUT2D eigenvalue weighted by Crippen LogP contribution is 2.32. The highest BCUT2D eigenvalue weighted by Gasteiger charge is 2.17. The first-order chi connectivity index (χ1) is 15.1. The van der Waals surface area contributed by atoms with Crippen molar-refractivity contribution in [2.75, 3.05) is 26.7 Å². The van der Waals surface area contributed by atoms with Crippen LogP contribution in [0, 0.1) is 11.6 Å². The summed E-state index contributed by atoms with van der Waals surface area (Å²) in [6.45, 7) is 1.59. The van der Waals surface area contributed by atoms with Gasteiger partial charge in [-0.15, -0.1) is 0 Å². The maximum absolute atomic E-state index is 13.4. The van der Waals surface area contributed by atoms with Crippen LogP contribution in [0.25, 0.3) is 0 Å². The Hall–Kier alpha value is -3.22. The van der Waals surface area contributed by atoms with Crippen molar-refractivity contribution in [1.29, 1.82) is 0 Å². The topological polar surface area (TPSA) is 30.9 Å². The van der Waals surface area contributed by atoms with Gasteiger partial charge in [0.2, 0.25) is 0 Å². The summed E-state index contributed by atoms with van der Waals surface area (Å²) in [6, 6.07) is 19.8. The number of hydrogen-bond acceptors (Lipinski definition) is 4. The number of rotatable bonds is 8. The molecular weight excluding hydrogens is 400 g/mol. The van der Waals surface area contributed by atoms with E-state index in [2.05, 4.69) is 4.90 Å². The number of nitrogens with zero attached hydrogens (tertiary/aromatic N) is 1. The number of hydrogen-bond donors (Lipinski definition) is 0. The zero-order valence-electron chi connectivity index (χ0n) is 17.1. The highest BCUT2D eigenvalue weighted by molar-refractivity contribution is 5.42. The van der Waals surface area contributed by atoms with Crippen molar-refractivity contribution in [3.63, 3.8) is 0 Å². The molecule has 0 saturated carbocycles. The average molecular weight is 423 g/mol. The van der Waals surface area contributed by atoms with Crippen LogP contribution in [0.3, 0.4) is 0 Å². The minimum absolute atomic E-state index is 0.314. The van der Waals surface area contributed by atoms with E-state index in [1.165, 1.54) is 24.3 Å². The quantitative estimate of drug-likeness (QED) is 0.491. The monoisotopic (exact) mass is 423 g/mol. The van der Waals surface area contributed by atoms with Crippen molar-refractivity contribution in [3.8, 4) is 11.5 Å². The first kappa shape index (κ1) is 21.0. The molecule has 0 aromatic heterocycles. The van der Waals surface area contributed by atoms with Gasteiger partial charge in [-0.2, -0.15) is 0 Å². The highest BCUT2D eigenvalue weighted by atomic mass is 19.1. The molecule has 0 amide bonds. The van der Waals surface area contributed by atoms with Gasteiger partial charge in [-0.25, -0.2) is 8.78 Å². The molecule has 0 atom stereocenters. The fourth-order valence-corrected chi connectivity index (χ4v) is 3.33. The van der Waals surface area contributed by atoms with Crippen LogP contribution in [0.2, 0.25) is 0 Å². The lowest BCUT2D eigenvalue weighted by atomic mass is 10.0. The average Bonchev–Trinajstić information content (AvgIpc) is 2.78. The van der Waals surface area contributed by atoms with E-state index in [0.717, 1.165) is 11.1 Å². The summed E-state index contributed by atoms with van der Waals surface area (Å²) in [5.74, 6) is 1.46. The third-order valence-electron chi connectivity index (χ3n) is 4.94. The van der Waals surface area contributed by atoms with E-state index < -0.39 is 6.10 Å². The van der Waals surface area contributed by atoms with Crippen LogP contribution in [-0.4, -0.2) is 31.6 Å². The fraction of sp³-hybridized carbons (Fsp3) is 0.200. The van der Waals surface area contributed by atoms with Crippen LogP contribution in [0.15, 0.2) is 84.8 Å². The molecule has 0 spiro atoms. The van der Waals surface area contributed by atoms with Gasteiger partial charge in [-0.3, -0.25) is 4.90 Å². The van der Waals surface area contributed by atoms with Gasteiger partial charge in [-0.05, 0) is 54.6 Å². The van der Waals surface area contributed by atoms with Gasteiger partial charge in [0, 0.05) is 6.54 Å². The van der Waals surface area contributed by atoms with Gasteiger partial charge in [-0.1, -0.05) is 36.4 Å². The Morgan fingerprint density at radius 2 is 1.42 bits per heavy atom. The number of para-hydroxylation sites is 2. The Labute approximate surface area is 180 Å². The Balaban J connectivity index is 1.35. The molecule has 1 heterocycles. The molecule has 4 rings (SSSR count). The number of benzene rings is 3. The zero-order valence-corrected chi connectivity index (χ0v) is 17.1. The van der Waals surface area contributed by atoms with E-state index in [9.17, 15) is 8.78 Å². The van der Waals surface area contributed by atoms with Crippen LogP contribution >= 0.6 is 0 Å². The summed E-state index contributed by atoms with van der Waals surface area (Å²) in [4.78, 5) is 2.05. The van der Waals surface area contributed by atoms with E-state index in [1.54, 1.807) is 30.5 Å². The molecule has 1 aliphatic rings. The lowest BCUT2D eigenvalue weighted by Gasteiger charge is -2.24. The predicted octanol–water partition coefficient (Wildman–Crippen LogP) is 5.32. The molecule has 6 heteroatoms. The summed E-state index contributed by atoms with van der Waals surface area (Å²) < 4.78 is 44.3. The fourth-order valence-electron chi connectivity index (χ4n) is 3.33. The van der Waals surface area contributed by atoms with E-state index in [-0.39, 0.29) is 11.6 Å². The van der Waals surface area contributed by atoms with Crippen LogP contribution in [0.1, 0.15) is 17.2 Å². The molecule has 31 heavy (non-hydrogen) atoms. The maximum Gasteiger partial charge on any atom is 0.169 e. The SMILES string of the molecule is CN(CCOC(c1ccc(F)cc1)c1ccc(F)cc1)CC1=COc2ccccc2O1. The van der Waals surface area contributed by atoms with Crippen molar-refractivity contribution in [2.45, 2.75) is 6.10 Å². The maximum atomic E-state index is 13.4. The number of ether oxygens (including phenoxy) is 3. The summed E-state index contributed by atoms with van der Waals surface area (Å²) in [7, 11) is 1.96. The van der Waals surface area contributed by atoms with E-state index in [0.29, 0.717) is 37.0 Å². The van der Waals surface area contributed by atoms with Gasteiger partial charge < -0.3 is 14.2 Å². The molecule has 0 unspecified atom stereocenters. The van der Waals surface area contributed by atoms with Crippen molar-refractivity contribution in [3.05, 3.63) is 108 Å². The van der Waals surface area contributed by atoms with E-state index in [1.807, 2.05) is 31.3 Å². The van der Waals surface area contributed by atoms with Gasteiger partial charge in [0.15, 0.2) is 17.3 Å². The van der Waals surface area contributed by atoms with Gasteiger partial charge in [0.05, 0.1) is 13.2 Å². The van der Waals surface area contributed by atoms with Gasteiger partial charge in [0.25, 0.3) is 0 Å². The number of halogens is 2. The number of likely N-dealkylation sites (N-methyl/N-ethyl adjacent to an activating group) is 1. The van der Waals surface area contributed by atoms with Crippen LogP contribution < -0.4 is 9.47 Å². The third-order valence-corrected chi connectivity index (χ3v) is 4.94. The molecule has 0 fully saturated rings. The Bertz CT molecular complexity index is 990. The smallest absolute Gasteiger partial charge is 0.169 e. The first-order valence-corrected chi connectivity index (χ1v) is 10.0. The standard InChI is InChI=1S/C25H23F2NO3/c1-28(16-22-17-30-23-4-2-3-5-24(23)31-22)14-15-29-25(18-6-10-20(26)11-7-18)19-8-12-21(27)13-9-19/h2-13,17,25H,14-16H2,1H3. The molecule has 160 valence electrons. The van der Waals surface area contributed by atoms with Crippen molar-refractivity contribution in [1.82, 2.24) is 4.90 Å². The molecule has 0 N–H and O–H groups in total. The Morgan fingerprint density at radius 3 is 2.03 bits per heavy atom. The summed E-state index contributed by atoms with van der Waals surface area (Å²) >= 11 is 0. The Kier molecular flexibility index (Phi) is 6.60. The van der Waals surface area contributed by atoms with Crippen molar-refractivity contribution < 1.29 is 23.0 Å². The molecule has 0 aliphatic carbocycles. The second-order valence-electron chi connectivity index (χ2n) is 7.34. The van der Waals surface area contributed by atoms with Crippen LogP contribution in [0.5, 0.6) is 11.5 Å². The van der Waals surface area contributed by atoms with E-state index in [4.69, 9.17) is 14.2 Å². The van der Waals surface area contributed by atoms with Crippen molar-refractivity contribution >= 4 is 0 Å². The predicted molar refractivity (Wildman–Crippen MR) is 114 cm³/mol. The molecule has 1 aliphatic heterocycles. The molecular formula is C25H23F2NO3. The lowest BCUT2D eigenvalue weighted by Crippen LogP contribution is -2.28. The summed E-state index contributed by atoms with van der Waals surface area (Å²) in [5.41, 5.74) is 1.61. The number of fused-ring (bicyclic) bond motifs is 1. The molecule has 4 nitrogen and oxygen atoms in total. The van der Waals surface area contributed by atoms with Gasteiger partial charge >= 0.3 is 0 Å². The normalized spacial score (nSPS) is 12.9. The zero-order chi connectivity index (χ0) is 21.6. The minimum Gasteiger partial charge on any atom is -0.457 e. The van der Waals surface area contributed by atoms with Gasteiger partial charge in [0.1, 0.15) is 24.0 Å². The Morgan fingerprint density at radius 1 is 0.839 bits per heavy atom. The van der Waals surface area contributed by atoms with Crippen molar-refractivity contribution in [2.24, 2.45) is 0 Å². The molecule has 0 radical (unpaired) electrons. The molecule has 0 saturated heterocycles.